The van der Waals surface area contributed by atoms with Crippen LogP contribution < -0.4 is 0 Å². The smallest absolute Gasteiger partial charge is 0.133 e. The van der Waals surface area contributed by atoms with E-state index in [1.54, 1.807) is 0 Å². The Morgan fingerprint density at radius 3 is 2.54 bits per heavy atom. The molecule has 1 aliphatic rings. The molecule has 0 radical (unpaired) electrons. The maximum Gasteiger partial charge on any atom is 0.133 e. The van der Waals surface area contributed by atoms with E-state index in [1.807, 2.05) is 0 Å². The van der Waals surface area contributed by atoms with Crippen molar-refractivity contribution in [3.8, 4) is 0 Å². The molecule has 0 saturated heterocycles. The van der Waals surface area contributed by atoms with Gasteiger partial charge in [-0.2, -0.15) is 0 Å². The van der Waals surface area contributed by atoms with Gasteiger partial charge >= 0.3 is 0 Å². The molecule has 13 heavy (non-hydrogen) atoms. The molecule has 0 aromatic heterocycles. The van der Waals surface area contributed by atoms with Crippen molar-refractivity contribution in [3.05, 3.63) is 0 Å². The first-order valence-corrected chi connectivity index (χ1v) is 5.17. The molecular formula is C10H19NO2. The van der Waals surface area contributed by atoms with Crippen LogP contribution in [0.1, 0.15) is 32.1 Å². The van der Waals surface area contributed by atoms with Crippen molar-refractivity contribution in [2.75, 3.05) is 19.7 Å². The average molecular weight is 185 g/mol. The predicted molar refractivity (Wildman–Crippen MR) is 51.6 cm³/mol. The van der Waals surface area contributed by atoms with Gasteiger partial charge in [0.15, 0.2) is 0 Å². The molecule has 0 amide bonds. The molecule has 1 aliphatic carbocycles. The van der Waals surface area contributed by atoms with Crippen LogP contribution in [-0.2, 0) is 4.79 Å². The van der Waals surface area contributed by atoms with Crippen LogP contribution in [0, 0.1) is 0 Å². The second-order valence-corrected chi connectivity index (χ2v) is 3.68. The Kier molecular flexibility index (Phi) is 5.01. The van der Waals surface area contributed by atoms with E-state index in [2.05, 4.69) is 4.90 Å². The minimum atomic E-state index is 0.157. The van der Waals surface area contributed by atoms with Gasteiger partial charge in [0.25, 0.3) is 0 Å². The molecule has 3 heteroatoms. The van der Waals surface area contributed by atoms with Crippen LogP contribution >= 0.6 is 0 Å². The van der Waals surface area contributed by atoms with Gasteiger partial charge in [0, 0.05) is 12.6 Å². The van der Waals surface area contributed by atoms with E-state index in [0.29, 0.717) is 19.1 Å². The first-order chi connectivity index (χ1) is 6.38. The molecule has 0 bridgehead atoms. The van der Waals surface area contributed by atoms with Crippen molar-refractivity contribution in [3.63, 3.8) is 0 Å². The second kappa shape index (κ2) is 6.11. The lowest BCUT2D eigenvalue weighted by Crippen LogP contribution is -2.39. The zero-order valence-corrected chi connectivity index (χ0v) is 8.11. The molecule has 0 aliphatic heterocycles. The molecule has 1 N–H and O–H groups in total. The highest BCUT2D eigenvalue weighted by molar-refractivity contribution is 5.52. The summed E-state index contributed by atoms with van der Waals surface area (Å²) in [6.45, 7) is 1.28. The van der Waals surface area contributed by atoms with Crippen LogP contribution in [0.5, 0.6) is 0 Å². The van der Waals surface area contributed by atoms with Crippen molar-refractivity contribution in [2.45, 2.75) is 38.1 Å². The fourth-order valence-electron chi connectivity index (χ4n) is 2.09. The lowest BCUT2D eigenvalue weighted by Gasteiger charge is -2.32. The van der Waals surface area contributed by atoms with E-state index in [0.717, 1.165) is 6.29 Å². The predicted octanol–water partition coefficient (Wildman–Crippen LogP) is 0.812. The lowest BCUT2D eigenvalue weighted by molar-refractivity contribution is -0.109. The summed E-state index contributed by atoms with van der Waals surface area (Å²) in [5.41, 5.74) is 0. The van der Waals surface area contributed by atoms with Crippen LogP contribution in [0.2, 0.25) is 0 Å². The van der Waals surface area contributed by atoms with Gasteiger partial charge in [-0.15, -0.1) is 0 Å². The van der Waals surface area contributed by atoms with Gasteiger partial charge in [0.05, 0.1) is 13.2 Å². The minimum absolute atomic E-state index is 0.157. The Morgan fingerprint density at radius 2 is 2.00 bits per heavy atom. The Labute approximate surface area is 79.7 Å². The summed E-state index contributed by atoms with van der Waals surface area (Å²) in [6.07, 6.45) is 7.17. The maximum absolute atomic E-state index is 10.4. The Morgan fingerprint density at radius 1 is 1.31 bits per heavy atom. The van der Waals surface area contributed by atoms with Gasteiger partial charge in [-0.1, -0.05) is 19.3 Å². The third-order valence-electron chi connectivity index (χ3n) is 2.79. The van der Waals surface area contributed by atoms with Crippen molar-refractivity contribution in [1.29, 1.82) is 0 Å². The number of carbonyl (C=O) groups is 1. The van der Waals surface area contributed by atoms with Gasteiger partial charge in [0.1, 0.15) is 6.29 Å². The number of carbonyl (C=O) groups excluding carboxylic acids is 1. The van der Waals surface area contributed by atoms with E-state index in [-0.39, 0.29) is 6.61 Å². The Hall–Kier alpha value is -0.410. The molecule has 3 nitrogen and oxygen atoms in total. The molecule has 0 aromatic carbocycles. The highest BCUT2D eigenvalue weighted by atomic mass is 16.3. The number of aliphatic hydroxyl groups excluding tert-OH is 1. The summed E-state index contributed by atoms with van der Waals surface area (Å²) in [5.74, 6) is 0. The number of rotatable bonds is 5. The Bertz CT molecular complexity index is 144. The first-order valence-electron chi connectivity index (χ1n) is 5.17. The number of hydrogen-bond donors (Lipinski definition) is 1. The molecule has 0 atom stereocenters. The fourth-order valence-corrected chi connectivity index (χ4v) is 2.09. The SMILES string of the molecule is O=CCN(CCO)C1CCCCC1. The number of aliphatic hydroxyl groups is 1. The lowest BCUT2D eigenvalue weighted by atomic mass is 9.94. The van der Waals surface area contributed by atoms with Gasteiger partial charge in [-0.3, -0.25) is 4.90 Å². The third kappa shape index (κ3) is 3.44. The summed E-state index contributed by atoms with van der Waals surface area (Å²) in [6, 6.07) is 0.533. The molecule has 76 valence electrons. The van der Waals surface area contributed by atoms with E-state index < -0.39 is 0 Å². The van der Waals surface area contributed by atoms with Gasteiger partial charge in [-0.25, -0.2) is 0 Å². The van der Waals surface area contributed by atoms with Crippen LogP contribution in [-0.4, -0.2) is 42.0 Å². The second-order valence-electron chi connectivity index (χ2n) is 3.68. The van der Waals surface area contributed by atoms with E-state index >= 15 is 0 Å². The Balaban J connectivity index is 2.36. The summed E-state index contributed by atoms with van der Waals surface area (Å²) in [4.78, 5) is 12.5. The summed E-state index contributed by atoms with van der Waals surface area (Å²) in [7, 11) is 0. The van der Waals surface area contributed by atoms with E-state index in [9.17, 15) is 4.79 Å². The zero-order chi connectivity index (χ0) is 9.52. The largest absolute Gasteiger partial charge is 0.395 e. The van der Waals surface area contributed by atoms with Crippen LogP contribution in [0.15, 0.2) is 0 Å². The van der Waals surface area contributed by atoms with Crippen molar-refractivity contribution >= 4 is 6.29 Å². The topological polar surface area (TPSA) is 40.5 Å². The van der Waals surface area contributed by atoms with Crippen molar-refractivity contribution in [2.24, 2.45) is 0 Å². The molecule has 0 spiro atoms. The number of hydrogen-bond acceptors (Lipinski definition) is 3. The monoisotopic (exact) mass is 185 g/mol. The standard InChI is InChI=1S/C10H19NO2/c12-8-6-11(7-9-13)10-4-2-1-3-5-10/h8,10,13H,1-7,9H2. The summed E-state index contributed by atoms with van der Waals surface area (Å²) in [5, 5.41) is 8.84. The fraction of sp³-hybridized carbons (Fsp3) is 0.900. The van der Waals surface area contributed by atoms with Crippen LogP contribution in [0.3, 0.4) is 0 Å². The van der Waals surface area contributed by atoms with E-state index in [1.165, 1.54) is 32.1 Å². The van der Waals surface area contributed by atoms with Gasteiger partial charge in [-0.05, 0) is 12.8 Å². The quantitative estimate of drug-likeness (QED) is 0.644. The average Bonchev–Trinajstić information content (AvgIpc) is 2.19. The molecular weight excluding hydrogens is 166 g/mol. The van der Waals surface area contributed by atoms with E-state index in [4.69, 9.17) is 5.11 Å². The highest BCUT2D eigenvalue weighted by Crippen LogP contribution is 2.21. The zero-order valence-electron chi connectivity index (χ0n) is 8.11. The molecule has 0 heterocycles. The van der Waals surface area contributed by atoms with Gasteiger partial charge in [0.2, 0.25) is 0 Å². The summed E-state index contributed by atoms with van der Waals surface area (Å²) >= 11 is 0. The first kappa shape index (κ1) is 10.7. The maximum atomic E-state index is 10.4. The molecule has 1 fully saturated rings. The normalized spacial score (nSPS) is 19.2. The van der Waals surface area contributed by atoms with Crippen LogP contribution in [0.25, 0.3) is 0 Å². The molecule has 0 aromatic rings. The highest BCUT2D eigenvalue weighted by Gasteiger charge is 2.19. The van der Waals surface area contributed by atoms with Gasteiger partial charge < -0.3 is 9.90 Å². The molecule has 1 rings (SSSR count). The summed E-state index contributed by atoms with van der Waals surface area (Å²) < 4.78 is 0. The van der Waals surface area contributed by atoms with Crippen LogP contribution in [0.4, 0.5) is 0 Å². The number of aldehydes is 1. The number of nitrogens with zero attached hydrogens (tertiary/aromatic N) is 1. The molecule has 0 unspecified atom stereocenters. The van der Waals surface area contributed by atoms with Crippen molar-refractivity contribution < 1.29 is 9.90 Å². The molecule has 1 saturated carbocycles. The third-order valence-corrected chi connectivity index (χ3v) is 2.79. The minimum Gasteiger partial charge on any atom is -0.395 e. The van der Waals surface area contributed by atoms with Crippen molar-refractivity contribution in [1.82, 2.24) is 4.90 Å².